The number of esters is 2. The van der Waals surface area contributed by atoms with E-state index in [1.165, 1.54) is 0 Å². The summed E-state index contributed by atoms with van der Waals surface area (Å²) in [4.78, 5) is 22.6. The first-order valence-electron chi connectivity index (χ1n) is 4.41. The molecule has 1 aliphatic heterocycles. The Hall–Kier alpha value is -1.55. The van der Waals surface area contributed by atoms with Gasteiger partial charge >= 0.3 is 11.9 Å². The Morgan fingerprint density at radius 2 is 2.07 bits per heavy atom. The third-order valence-corrected chi connectivity index (χ3v) is 2.32. The molecule has 1 heterocycles. The second kappa shape index (κ2) is 3.90. The summed E-state index contributed by atoms with van der Waals surface area (Å²) in [5.74, 6) is -0.572. The van der Waals surface area contributed by atoms with Crippen LogP contribution >= 0.6 is 12.6 Å². The van der Waals surface area contributed by atoms with E-state index in [2.05, 4.69) is 17.4 Å². The molecule has 1 aromatic rings. The Morgan fingerprint density at radius 1 is 1.27 bits per heavy atom. The van der Waals surface area contributed by atoms with Crippen LogP contribution in [0.3, 0.4) is 0 Å². The van der Waals surface area contributed by atoms with E-state index in [4.69, 9.17) is 0 Å². The van der Waals surface area contributed by atoms with Gasteiger partial charge in [0.05, 0.1) is 11.1 Å². The molecular formula is C11H8O3S. The summed E-state index contributed by atoms with van der Waals surface area (Å²) >= 11 is 4.03. The normalized spacial score (nSPS) is 14.5. The molecule has 15 heavy (non-hydrogen) atoms. The van der Waals surface area contributed by atoms with Gasteiger partial charge in [-0.1, -0.05) is 24.3 Å². The zero-order valence-electron chi connectivity index (χ0n) is 7.77. The maximum atomic E-state index is 11.4. The van der Waals surface area contributed by atoms with E-state index in [1.54, 1.807) is 30.4 Å². The second-order valence-corrected chi connectivity index (χ2v) is 3.40. The van der Waals surface area contributed by atoms with Crippen molar-refractivity contribution in [3.63, 3.8) is 0 Å². The lowest BCUT2D eigenvalue weighted by Gasteiger charge is -1.97. The predicted molar refractivity (Wildman–Crippen MR) is 59.1 cm³/mol. The van der Waals surface area contributed by atoms with Crippen LogP contribution in [0.4, 0.5) is 0 Å². The van der Waals surface area contributed by atoms with Crippen molar-refractivity contribution in [3.8, 4) is 0 Å². The molecule has 0 fully saturated rings. The highest BCUT2D eigenvalue weighted by Crippen LogP contribution is 2.24. The quantitative estimate of drug-likeness (QED) is 0.470. The largest absolute Gasteiger partial charge is 0.386 e. The van der Waals surface area contributed by atoms with Gasteiger partial charge in [-0.05, 0) is 11.6 Å². The van der Waals surface area contributed by atoms with Gasteiger partial charge in [-0.15, -0.1) is 0 Å². The van der Waals surface area contributed by atoms with Crippen LogP contribution in [0.5, 0.6) is 0 Å². The molecule has 1 aliphatic rings. The average molecular weight is 220 g/mol. The summed E-state index contributed by atoms with van der Waals surface area (Å²) in [5, 5.41) is 0. The molecular weight excluding hydrogens is 212 g/mol. The summed E-state index contributed by atoms with van der Waals surface area (Å²) in [6.07, 6.45) is 3.56. The van der Waals surface area contributed by atoms with Gasteiger partial charge in [0.25, 0.3) is 0 Å². The Bertz CT molecular complexity index is 463. The van der Waals surface area contributed by atoms with Crippen molar-refractivity contribution in [2.75, 3.05) is 5.75 Å². The van der Waals surface area contributed by atoms with Gasteiger partial charge in [0, 0.05) is 5.75 Å². The van der Waals surface area contributed by atoms with Gasteiger partial charge in [-0.3, -0.25) is 0 Å². The standard InChI is InChI=1S/C11H8O3S/c12-10-8-5-1-3-7(4-2-6-15)9(8)11(13)14-10/h1-5,15H,6H2. The number of carbonyl (C=O) groups is 2. The third kappa shape index (κ3) is 1.68. The molecule has 0 unspecified atom stereocenters. The molecule has 4 heteroatoms. The van der Waals surface area contributed by atoms with Crippen molar-refractivity contribution in [1.29, 1.82) is 0 Å². The maximum absolute atomic E-state index is 11.4. The summed E-state index contributed by atoms with van der Waals surface area (Å²) in [7, 11) is 0. The Balaban J connectivity index is 2.55. The minimum Gasteiger partial charge on any atom is -0.386 e. The number of carbonyl (C=O) groups excluding carboxylic acids is 2. The zero-order chi connectivity index (χ0) is 10.8. The lowest BCUT2D eigenvalue weighted by atomic mass is 10.0. The maximum Gasteiger partial charge on any atom is 0.347 e. The molecule has 0 aliphatic carbocycles. The van der Waals surface area contributed by atoms with Crippen molar-refractivity contribution >= 4 is 30.6 Å². The molecule has 0 saturated carbocycles. The minimum absolute atomic E-state index is 0.335. The highest BCUT2D eigenvalue weighted by Gasteiger charge is 2.30. The molecule has 76 valence electrons. The van der Waals surface area contributed by atoms with E-state index in [1.807, 2.05) is 0 Å². The van der Waals surface area contributed by atoms with Crippen molar-refractivity contribution in [3.05, 3.63) is 41.0 Å². The average Bonchev–Trinajstić information content (AvgIpc) is 2.53. The number of hydrogen-bond acceptors (Lipinski definition) is 4. The van der Waals surface area contributed by atoms with Gasteiger partial charge in [0.2, 0.25) is 0 Å². The second-order valence-electron chi connectivity index (χ2n) is 3.03. The summed E-state index contributed by atoms with van der Waals surface area (Å²) < 4.78 is 4.52. The fourth-order valence-corrected chi connectivity index (χ4v) is 1.58. The topological polar surface area (TPSA) is 43.4 Å². The van der Waals surface area contributed by atoms with E-state index in [-0.39, 0.29) is 0 Å². The lowest BCUT2D eigenvalue weighted by Crippen LogP contribution is -1.98. The number of fused-ring (bicyclic) bond motifs is 1. The molecule has 0 N–H and O–H groups in total. The number of hydrogen-bond donors (Lipinski definition) is 1. The van der Waals surface area contributed by atoms with E-state index in [0.717, 1.165) is 0 Å². The molecule has 3 nitrogen and oxygen atoms in total. The van der Waals surface area contributed by atoms with Gasteiger partial charge in [0.15, 0.2) is 0 Å². The van der Waals surface area contributed by atoms with E-state index in [0.29, 0.717) is 22.4 Å². The monoisotopic (exact) mass is 220 g/mol. The van der Waals surface area contributed by atoms with Crippen LogP contribution < -0.4 is 0 Å². The fourth-order valence-electron chi connectivity index (χ4n) is 1.48. The molecule has 0 saturated heterocycles. The number of rotatable bonds is 2. The van der Waals surface area contributed by atoms with Crippen molar-refractivity contribution in [2.45, 2.75) is 0 Å². The highest BCUT2D eigenvalue weighted by atomic mass is 32.1. The summed E-state index contributed by atoms with van der Waals surface area (Å²) in [6.45, 7) is 0. The predicted octanol–water partition coefficient (Wildman–Crippen LogP) is 1.94. The van der Waals surface area contributed by atoms with Crippen molar-refractivity contribution in [2.24, 2.45) is 0 Å². The molecule has 0 radical (unpaired) electrons. The molecule has 0 aromatic heterocycles. The molecule has 2 rings (SSSR count). The molecule has 0 amide bonds. The molecule has 0 spiro atoms. The summed E-state index contributed by atoms with van der Waals surface area (Å²) in [5.41, 5.74) is 1.37. The van der Waals surface area contributed by atoms with Crippen LogP contribution in [0.2, 0.25) is 0 Å². The zero-order valence-corrected chi connectivity index (χ0v) is 8.66. The van der Waals surface area contributed by atoms with Crippen LogP contribution in [0.15, 0.2) is 24.3 Å². The number of ether oxygens (including phenoxy) is 1. The van der Waals surface area contributed by atoms with Gasteiger partial charge in [-0.25, -0.2) is 9.59 Å². The molecule has 0 atom stereocenters. The molecule has 1 aromatic carbocycles. The van der Waals surface area contributed by atoms with Crippen LogP contribution in [0, 0.1) is 0 Å². The van der Waals surface area contributed by atoms with Crippen LogP contribution in [0.1, 0.15) is 26.3 Å². The van der Waals surface area contributed by atoms with Crippen molar-refractivity contribution < 1.29 is 14.3 Å². The first-order chi connectivity index (χ1) is 7.24. The van der Waals surface area contributed by atoms with Crippen LogP contribution in [0.25, 0.3) is 6.08 Å². The first-order valence-corrected chi connectivity index (χ1v) is 5.04. The highest BCUT2D eigenvalue weighted by molar-refractivity contribution is 7.80. The van der Waals surface area contributed by atoms with Crippen LogP contribution in [-0.2, 0) is 4.74 Å². The van der Waals surface area contributed by atoms with E-state index < -0.39 is 11.9 Å². The Morgan fingerprint density at radius 3 is 2.80 bits per heavy atom. The third-order valence-electron chi connectivity index (χ3n) is 2.11. The molecule has 0 bridgehead atoms. The first kappa shape index (κ1) is 9.98. The van der Waals surface area contributed by atoms with Gasteiger partial charge in [-0.2, -0.15) is 12.6 Å². The fraction of sp³-hybridized carbons (Fsp3) is 0.0909. The van der Waals surface area contributed by atoms with E-state index >= 15 is 0 Å². The van der Waals surface area contributed by atoms with E-state index in [9.17, 15) is 9.59 Å². The minimum atomic E-state index is -0.575. The smallest absolute Gasteiger partial charge is 0.347 e. The van der Waals surface area contributed by atoms with Gasteiger partial charge in [0.1, 0.15) is 0 Å². The lowest BCUT2D eigenvalue weighted by molar-refractivity contribution is 0.0444. The van der Waals surface area contributed by atoms with Gasteiger partial charge < -0.3 is 4.74 Å². The number of thiol groups is 1. The Labute approximate surface area is 92.2 Å². The van der Waals surface area contributed by atoms with Crippen molar-refractivity contribution in [1.82, 2.24) is 0 Å². The number of benzene rings is 1. The number of cyclic esters (lactones) is 2. The SMILES string of the molecule is O=C1OC(=O)c2c(C=CCS)cccc21. The summed E-state index contributed by atoms with van der Waals surface area (Å²) in [6, 6.07) is 5.07. The Kier molecular flexibility index (Phi) is 2.60. The van der Waals surface area contributed by atoms with Crippen LogP contribution in [-0.4, -0.2) is 17.7 Å².